The fourth-order valence-corrected chi connectivity index (χ4v) is 14.6. The third-order valence-electron chi connectivity index (χ3n) is 19.7. The van der Waals surface area contributed by atoms with E-state index in [-0.39, 0.29) is 25.7 Å². The van der Waals surface area contributed by atoms with Gasteiger partial charge in [0.05, 0.1) is 26.4 Å². The molecule has 0 amide bonds. The van der Waals surface area contributed by atoms with Gasteiger partial charge in [-0.05, 0) is 37.5 Å². The summed E-state index contributed by atoms with van der Waals surface area (Å²) in [5.74, 6) is -0.500. The van der Waals surface area contributed by atoms with Gasteiger partial charge in [0.25, 0.3) is 0 Å². The van der Waals surface area contributed by atoms with Crippen LogP contribution in [0.5, 0.6) is 0 Å². The Morgan fingerprint density at radius 2 is 0.447 bits per heavy atom. The predicted molar refractivity (Wildman–Crippen MR) is 423 cm³/mol. The number of ether oxygens (including phenoxy) is 4. The van der Waals surface area contributed by atoms with Gasteiger partial charge in [-0.2, -0.15) is 0 Å². The minimum absolute atomic E-state index is 0.108. The molecule has 5 atom stereocenters. The standard InChI is InChI=1S/C84H164O17P2/c1-7-9-11-13-15-17-18-19-20-21-22-26-32-37-43-49-55-61-67-82(87)95-73-80(101-84(89)68-62-56-50-44-38-33-27-24-23-25-30-35-41-46-52-58-64-76(3)4)75-99-103(92,93)97-71-78(85)70-96-102(90,91)98-74-79(72-94-81(86)66-60-54-48-40-16-14-12-10-8-2)100-83(88)69-63-57-51-45-39-34-29-28-31-36-42-47-53-59-65-77(5)6/h76-80,85H,7-75H2,1-6H3,(H,90,91)(H,92,93)/t78-,79+,80+/m0/s1. The first-order valence-electron chi connectivity index (χ1n) is 43.5. The number of carbonyl (C=O) groups is 4. The highest BCUT2D eigenvalue weighted by molar-refractivity contribution is 7.47. The van der Waals surface area contributed by atoms with Gasteiger partial charge in [0.2, 0.25) is 0 Å². The number of hydrogen-bond donors (Lipinski definition) is 3. The summed E-state index contributed by atoms with van der Waals surface area (Å²) in [5.41, 5.74) is 0. The lowest BCUT2D eigenvalue weighted by atomic mass is 10.0. The van der Waals surface area contributed by atoms with Gasteiger partial charge in [0.15, 0.2) is 12.2 Å². The van der Waals surface area contributed by atoms with Crippen LogP contribution in [0.25, 0.3) is 0 Å². The van der Waals surface area contributed by atoms with Crippen LogP contribution in [0.4, 0.5) is 0 Å². The maximum absolute atomic E-state index is 13.1. The number of carbonyl (C=O) groups excluding carboxylic acids is 4. The van der Waals surface area contributed by atoms with Crippen LogP contribution in [-0.2, 0) is 65.4 Å². The molecule has 0 aliphatic carbocycles. The minimum atomic E-state index is -4.96. The molecule has 0 aliphatic heterocycles. The fourth-order valence-electron chi connectivity index (χ4n) is 13.1. The van der Waals surface area contributed by atoms with Gasteiger partial charge < -0.3 is 33.8 Å². The quantitative estimate of drug-likeness (QED) is 0.0222. The first-order valence-corrected chi connectivity index (χ1v) is 46.5. The zero-order valence-corrected chi connectivity index (χ0v) is 69.4. The van der Waals surface area contributed by atoms with Crippen molar-refractivity contribution < 1.29 is 80.2 Å². The van der Waals surface area contributed by atoms with E-state index in [9.17, 15) is 43.2 Å². The molecule has 0 spiro atoms. The summed E-state index contributed by atoms with van der Waals surface area (Å²) in [4.78, 5) is 73.1. The number of hydrogen-bond acceptors (Lipinski definition) is 15. The van der Waals surface area contributed by atoms with Crippen LogP contribution >= 0.6 is 15.6 Å². The van der Waals surface area contributed by atoms with Crippen LogP contribution in [0.3, 0.4) is 0 Å². The molecule has 0 saturated heterocycles. The van der Waals surface area contributed by atoms with Crippen molar-refractivity contribution in [1.82, 2.24) is 0 Å². The number of phosphoric ester groups is 2. The third kappa shape index (κ3) is 78.0. The fraction of sp³-hybridized carbons (Fsp3) is 0.952. The summed E-state index contributed by atoms with van der Waals surface area (Å²) < 4.78 is 68.8. The monoisotopic (exact) mass is 1510 g/mol. The van der Waals surface area contributed by atoms with Crippen molar-refractivity contribution in [3.8, 4) is 0 Å². The number of aliphatic hydroxyl groups is 1. The van der Waals surface area contributed by atoms with Crippen molar-refractivity contribution in [2.75, 3.05) is 39.6 Å². The Balaban J connectivity index is 5.22. The Hall–Kier alpha value is -1.94. The van der Waals surface area contributed by atoms with E-state index in [1.807, 2.05) is 0 Å². The van der Waals surface area contributed by atoms with Crippen LogP contribution in [0.15, 0.2) is 0 Å². The highest BCUT2D eigenvalue weighted by Crippen LogP contribution is 2.45. The Bertz CT molecular complexity index is 1980. The van der Waals surface area contributed by atoms with Crippen LogP contribution in [0, 0.1) is 11.8 Å². The van der Waals surface area contributed by atoms with E-state index in [0.717, 1.165) is 102 Å². The molecule has 0 saturated carbocycles. The van der Waals surface area contributed by atoms with E-state index < -0.39 is 97.5 Å². The highest BCUT2D eigenvalue weighted by Gasteiger charge is 2.30. The third-order valence-corrected chi connectivity index (χ3v) is 21.6. The summed E-state index contributed by atoms with van der Waals surface area (Å²) >= 11 is 0. The number of unbranched alkanes of at least 4 members (excludes halogenated alkanes) is 53. The number of phosphoric acid groups is 2. The van der Waals surface area contributed by atoms with Crippen molar-refractivity contribution >= 4 is 39.5 Å². The van der Waals surface area contributed by atoms with E-state index in [0.29, 0.717) is 25.7 Å². The molecule has 0 aromatic heterocycles. The molecule has 0 heterocycles. The highest BCUT2D eigenvalue weighted by atomic mass is 31.2. The zero-order chi connectivity index (χ0) is 75.6. The Morgan fingerprint density at radius 3 is 0.660 bits per heavy atom. The average molecular weight is 1510 g/mol. The van der Waals surface area contributed by atoms with Crippen molar-refractivity contribution in [2.24, 2.45) is 11.8 Å². The van der Waals surface area contributed by atoms with Crippen LogP contribution < -0.4 is 0 Å². The molecule has 0 rings (SSSR count). The molecule has 0 aromatic rings. The normalized spacial score (nSPS) is 13.9. The van der Waals surface area contributed by atoms with Crippen molar-refractivity contribution in [2.45, 2.75) is 464 Å². The summed E-state index contributed by atoms with van der Waals surface area (Å²) in [7, 11) is -9.92. The molecule has 0 radical (unpaired) electrons. The lowest BCUT2D eigenvalue weighted by Gasteiger charge is -2.21. The molecule has 103 heavy (non-hydrogen) atoms. The van der Waals surface area contributed by atoms with Gasteiger partial charge >= 0.3 is 39.5 Å². The molecule has 0 bridgehead atoms. The van der Waals surface area contributed by atoms with Gasteiger partial charge in [0, 0.05) is 25.7 Å². The first kappa shape index (κ1) is 101. The Morgan fingerprint density at radius 1 is 0.262 bits per heavy atom. The smallest absolute Gasteiger partial charge is 0.462 e. The second kappa shape index (κ2) is 75.5. The van der Waals surface area contributed by atoms with Crippen LogP contribution in [-0.4, -0.2) is 96.7 Å². The van der Waals surface area contributed by atoms with Crippen molar-refractivity contribution in [3.05, 3.63) is 0 Å². The lowest BCUT2D eigenvalue weighted by molar-refractivity contribution is -0.161. The van der Waals surface area contributed by atoms with Crippen LogP contribution in [0.1, 0.15) is 446 Å². The molecule has 0 aromatic carbocycles. The van der Waals surface area contributed by atoms with Crippen molar-refractivity contribution in [1.29, 1.82) is 0 Å². The second-order valence-electron chi connectivity index (χ2n) is 31.2. The second-order valence-corrected chi connectivity index (χ2v) is 34.1. The van der Waals surface area contributed by atoms with E-state index in [1.165, 1.54) is 263 Å². The SMILES string of the molecule is CCCCCCCCCCCCCCCCCCCCC(=O)OC[C@H](COP(=O)(O)OC[C@@H](O)COP(=O)(O)OC[C@@H](COC(=O)CCCCCCCCCCC)OC(=O)CCCCCCCCCCCCCCCCC(C)C)OC(=O)CCCCCCCCCCCCCCCCCCC(C)C. The molecule has 17 nitrogen and oxygen atoms in total. The first-order chi connectivity index (χ1) is 49.9. The van der Waals surface area contributed by atoms with E-state index in [1.54, 1.807) is 0 Å². The molecule has 3 N–H and O–H groups in total. The summed E-state index contributed by atoms with van der Waals surface area (Å²) in [6, 6.07) is 0. The Labute approximate surface area is 632 Å². The van der Waals surface area contributed by atoms with E-state index in [4.69, 9.17) is 37.0 Å². The largest absolute Gasteiger partial charge is 0.472 e. The lowest BCUT2D eigenvalue weighted by Crippen LogP contribution is -2.30. The van der Waals surface area contributed by atoms with Gasteiger partial charge in [-0.25, -0.2) is 9.13 Å². The van der Waals surface area contributed by atoms with Crippen LogP contribution in [0.2, 0.25) is 0 Å². The summed E-state index contributed by atoms with van der Waals surface area (Å²) in [6.45, 7) is 9.70. The molecule has 2 unspecified atom stereocenters. The van der Waals surface area contributed by atoms with Gasteiger partial charge in [-0.15, -0.1) is 0 Å². The molecule has 0 aliphatic rings. The van der Waals surface area contributed by atoms with Gasteiger partial charge in [-0.3, -0.25) is 37.3 Å². The number of esters is 4. The predicted octanol–water partition coefficient (Wildman–Crippen LogP) is 25.5. The maximum Gasteiger partial charge on any atom is 0.472 e. The van der Waals surface area contributed by atoms with E-state index in [2.05, 4.69) is 41.5 Å². The molecule has 612 valence electrons. The number of aliphatic hydroxyl groups excluding tert-OH is 1. The maximum atomic E-state index is 13.1. The van der Waals surface area contributed by atoms with Crippen molar-refractivity contribution in [3.63, 3.8) is 0 Å². The summed E-state index contributed by atoms with van der Waals surface area (Å²) in [5, 5.41) is 10.7. The minimum Gasteiger partial charge on any atom is -0.462 e. The Kier molecular flexibility index (Phi) is 74.1. The van der Waals surface area contributed by atoms with Gasteiger partial charge in [0.1, 0.15) is 19.3 Å². The zero-order valence-electron chi connectivity index (χ0n) is 67.6. The number of rotatable bonds is 83. The average Bonchev–Trinajstić information content (AvgIpc) is 0.938. The topological polar surface area (TPSA) is 237 Å². The molecular formula is C84H164O17P2. The molecular weight excluding hydrogens is 1340 g/mol. The van der Waals surface area contributed by atoms with E-state index >= 15 is 0 Å². The molecule has 19 heteroatoms. The van der Waals surface area contributed by atoms with Gasteiger partial charge in [-0.1, -0.05) is 395 Å². The molecule has 0 fully saturated rings. The summed E-state index contributed by atoms with van der Waals surface area (Å²) in [6.07, 6.45) is 66.6.